The number of amides is 2. The van der Waals surface area contributed by atoms with Crippen LogP contribution in [0.15, 0.2) is 71.8 Å². The van der Waals surface area contributed by atoms with Gasteiger partial charge in [0.1, 0.15) is 11.9 Å². The van der Waals surface area contributed by atoms with Gasteiger partial charge >= 0.3 is 0 Å². The Labute approximate surface area is 259 Å². The number of nitrogens with one attached hydrogen (secondary N) is 2. The minimum Gasteiger partial charge on any atom is -0.357 e. The summed E-state index contributed by atoms with van der Waals surface area (Å²) in [5.74, 6) is -2.60. The molecule has 10 nitrogen and oxygen atoms in total. The second-order valence-corrected chi connectivity index (χ2v) is 12.6. The Balaban J connectivity index is 0.000000281. The van der Waals surface area contributed by atoms with Crippen LogP contribution in [0.25, 0.3) is 0 Å². The smallest absolute Gasteiger partial charge is 0.252 e. The third-order valence-corrected chi connectivity index (χ3v) is 9.03. The summed E-state index contributed by atoms with van der Waals surface area (Å²) in [7, 11) is -2.57. The summed E-state index contributed by atoms with van der Waals surface area (Å²) >= 11 is 6.26. The molecule has 2 amide bonds. The molecule has 1 saturated carbocycles. The number of benzene rings is 2. The summed E-state index contributed by atoms with van der Waals surface area (Å²) in [6.45, 7) is 2.14. The molecule has 1 aliphatic heterocycles. The quantitative estimate of drug-likeness (QED) is 0.329. The highest BCUT2D eigenvalue weighted by Gasteiger charge is 2.47. The summed E-state index contributed by atoms with van der Waals surface area (Å²) in [4.78, 5) is 32.5. The lowest BCUT2D eigenvalue weighted by molar-refractivity contribution is -0.131. The number of anilines is 2. The van der Waals surface area contributed by atoms with E-state index in [9.17, 15) is 26.8 Å². The zero-order chi connectivity index (χ0) is 31.9. The van der Waals surface area contributed by atoms with Crippen molar-refractivity contribution < 1.29 is 26.8 Å². The van der Waals surface area contributed by atoms with Crippen molar-refractivity contribution in [1.82, 2.24) is 15.0 Å². The molecule has 0 bridgehead atoms. The molecule has 2 aromatic carbocycles. The third-order valence-electron chi connectivity index (χ3n) is 7.28. The molecule has 1 aromatic heterocycles. The molecule has 1 unspecified atom stereocenters. The fourth-order valence-electron chi connectivity index (χ4n) is 4.96. The molecule has 1 aliphatic carbocycles. The molecule has 1 atom stereocenters. The Bertz CT molecular complexity index is 1640. The first-order chi connectivity index (χ1) is 21.0. The van der Waals surface area contributed by atoms with E-state index in [0.717, 1.165) is 23.8 Å². The normalized spacial score (nSPS) is 16.5. The molecule has 2 aliphatic rings. The monoisotopic (exact) mass is 644 g/mol. The van der Waals surface area contributed by atoms with Crippen molar-refractivity contribution in [2.75, 3.05) is 29.9 Å². The lowest BCUT2D eigenvalue weighted by Crippen LogP contribution is -2.53. The highest BCUT2D eigenvalue weighted by atomic mass is 35.5. The van der Waals surface area contributed by atoms with Crippen LogP contribution in [0.5, 0.6) is 0 Å². The van der Waals surface area contributed by atoms with E-state index in [0.29, 0.717) is 12.0 Å². The number of halogens is 3. The summed E-state index contributed by atoms with van der Waals surface area (Å²) in [6.07, 6.45) is 3.55. The average Bonchev–Trinajstić information content (AvgIpc) is 3.55. The van der Waals surface area contributed by atoms with E-state index >= 15 is 0 Å². The van der Waals surface area contributed by atoms with Crippen molar-refractivity contribution in [3.8, 4) is 6.07 Å². The fraction of sp³-hybridized carbons (Fsp3) is 0.333. The zero-order valence-electron chi connectivity index (χ0n) is 23.8. The summed E-state index contributed by atoms with van der Waals surface area (Å²) in [5.41, 5.74) is 1.07. The van der Waals surface area contributed by atoms with Crippen molar-refractivity contribution in [3.05, 3.63) is 83.0 Å². The molecule has 3 aromatic rings. The Morgan fingerprint density at radius 3 is 2.48 bits per heavy atom. The number of alkyl halides is 2. The van der Waals surface area contributed by atoms with Crippen LogP contribution in [0.2, 0.25) is 5.02 Å². The highest BCUT2D eigenvalue weighted by Crippen LogP contribution is 2.38. The Morgan fingerprint density at radius 2 is 1.86 bits per heavy atom. The Morgan fingerprint density at radius 1 is 1.16 bits per heavy atom. The first-order valence-electron chi connectivity index (χ1n) is 13.8. The van der Waals surface area contributed by atoms with Gasteiger partial charge in [0.05, 0.1) is 16.5 Å². The molecule has 5 rings (SSSR count). The SMILES string of the molecule is CNS(=O)(=O)c1cccc(N(C=O)C(C(=O)NC2CC(F)(F)C2)c2ccccc2Cl)c1.N#Cc1ccnc(N2CCCC2)c1. The van der Waals surface area contributed by atoms with Gasteiger partial charge in [-0.15, -0.1) is 0 Å². The molecule has 2 fully saturated rings. The van der Waals surface area contributed by atoms with Gasteiger partial charge in [0.25, 0.3) is 5.92 Å². The molecule has 1 saturated heterocycles. The van der Waals surface area contributed by atoms with Crippen molar-refractivity contribution in [2.24, 2.45) is 0 Å². The molecular weight excluding hydrogens is 614 g/mol. The van der Waals surface area contributed by atoms with Crippen LogP contribution in [0.4, 0.5) is 20.3 Å². The van der Waals surface area contributed by atoms with Crippen LogP contribution in [0.1, 0.15) is 42.9 Å². The van der Waals surface area contributed by atoms with Crippen molar-refractivity contribution in [2.45, 2.75) is 48.6 Å². The van der Waals surface area contributed by atoms with Crippen LogP contribution < -0.4 is 19.8 Å². The van der Waals surface area contributed by atoms with Crippen LogP contribution >= 0.6 is 11.6 Å². The van der Waals surface area contributed by atoms with E-state index in [1.54, 1.807) is 24.4 Å². The van der Waals surface area contributed by atoms with Gasteiger partial charge in [-0.05, 0) is 56.3 Å². The minimum absolute atomic E-state index is 0.115. The molecule has 44 heavy (non-hydrogen) atoms. The van der Waals surface area contributed by atoms with Crippen LogP contribution in [0, 0.1) is 11.3 Å². The summed E-state index contributed by atoms with van der Waals surface area (Å²) in [6, 6.07) is 15.4. The van der Waals surface area contributed by atoms with Crippen LogP contribution in [-0.2, 0) is 19.6 Å². The molecular formula is C30H31ClF2N6O4S. The number of aromatic nitrogens is 1. The number of rotatable bonds is 9. The summed E-state index contributed by atoms with van der Waals surface area (Å²) < 4.78 is 52.9. The molecule has 2 heterocycles. The van der Waals surface area contributed by atoms with Crippen molar-refractivity contribution in [3.63, 3.8) is 0 Å². The second kappa shape index (κ2) is 14.1. The van der Waals surface area contributed by atoms with E-state index in [2.05, 4.69) is 26.0 Å². The number of carbonyl (C=O) groups excluding carboxylic acids is 2. The van der Waals surface area contributed by atoms with E-state index in [1.807, 2.05) is 6.07 Å². The Hall–Kier alpha value is -4.12. The molecule has 232 valence electrons. The topological polar surface area (TPSA) is 136 Å². The number of nitrogens with zero attached hydrogens (tertiary/aromatic N) is 4. The standard InChI is InChI=1S/C20H20ClF2N3O4S.C10H11N3/c1-24-31(29,30)15-6-4-5-14(9-15)26(12-27)18(16-7-2-3-8-17(16)21)19(28)25-13-10-20(22,23)11-13;11-8-9-3-4-12-10(7-9)13-5-1-2-6-13/h2-9,12-13,18,24H,10-11H2,1H3,(H,25,28);3-4,7H,1-2,5-6H2. The van der Waals surface area contributed by atoms with E-state index in [-0.39, 0.29) is 21.2 Å². The van der Waals surface area contributed by atoms with Crippen molar-refractivity contribution in [1.29, 1.82) is 5.26 Å². The minimum atomic E-state index is -3.81. The van der Waals surface area contributed by atoms with E-state index < -0.39 is 46.8 Å². The molecule has 0 spiro atoms. The van der Waals surface area contributed by atoms with Gasteiger partial charge in [-0.3, -0.25) is 14.5 Å². The first-order valence-corrected chi connectivity index (χ1v) is 15.6. The van der Waals surface area contributed by atoms with Crippen LogP contribution in [0.3, 0.4) is 0 Å². The van der Waals surface area contributed by atoms with E-state index in [4.69, 9.17) is 16.9 Å². The number of pyridine rings is 1. The van der Waals surface area contributed by atoms with Gasteiger partial charge in [0.2, 0.25) is 22.3 Å². The van der Waals surface area contributed by atoms with E-state index in [1.165, 1.54) is 56.3 Å². The molecule has 0 radical (unpaired) electrons. The number of hydrogen-bond donors (Lipinski definition) is 2. The maximum atomic E-state index is 13.2. The third kappa shape index (κ3) is 7.88. The van der Waals surface area contributed by atoms with Gasteiger partial charge in [-0.1, -0.05) is 35.9 Å². The predicted molar refractivity (Wildman–Crippen MR) is 162 cm³/mol. The fourth-order valence-corrected chi connectivity index (χ4v) is 5.97. The maximum absolute atomic E-state index is 13.2. The van der Waals surface area contributed by atoms with Gasteiger partial charge in [0, 0.05) is 54.4 Å². The lowest BCUT2D eigenvalue weighted by Gasteiger charge is -2.37. The maximum Gasteiger partial charge on any atom is 0.252 e. The van der Waals surface area contributed by atoms with Crippen LogP contribution in [-0.4, -0.2) is 57.8 Å². The number of nitriles is 1. The average molecular weight is 645 g/mol. The number of carbonyl (C=O) groups is 2. The molecule has 2 N–H and O–H groups in total. The first kappa shape index (κ1) is 32.8. The van der Waals surface area contributed by atoms with Gasteiger partial charge in [0.15, 0.2) is 0 Å². The van der Waals surface area contributed by atoms with Gasteiger partial charge < -0.3 is 10.2 Å². The van der Waals surface area contributed by atoms with Gasteiger partial charge in [-0.25, -0.2) is 26.9 Å². The second-order valence-electron chi connectivity index (χ2n) is 10.3. The zero-order valence-corrected chi connectivity index (χ0v) is 25.4. The predicted octanol–water partition coefficient (Wildman–Crippen LogP) is 4.42. The molecule has 14 heteroatoms. The Kier molecular flexibility index (Phi) is 10.5. The number of sulfonamides is 1. The van der Waals surface area contributed by atoms with Gasteiger partial charge in [-0.2, -0.15) is 5.26 Å². The van der Waals surface area contributed by atoms with Crippen molar-refractivity contribution >= 4 is 45.4 Å². The highest BCUT2D eigenvalue weighted by molar-refractivity contribution is 7.89. The lowest BCUT2D eigenvalue weighted by atomic mass is 9.87. The summed E-state index contributed by atoms with van der Waals surface area (Å²) in [5, 5.41) is 11.4. The largest absolute Gasteiger partial charge is 0.357 e. The number of hydrogen-bond acceptors (Lipinski definition) is 7.